The third kappa shape index (κ3) is 4.17. The van der Waals surface area contributed by atoms with Gasteiger partial charge in [-0.3, -0.25) is 4.79 Å². The molecule has 1 aliphatic rings. The number of sulfonamides is 1. The number of carbonyl (C=O) groups excluding carboxylic acids is 1. The summed E-state index contributed by atoms with van der Waals surface area (Å²) in [6, 6.07) is 1.85. The zero-order chi connectivity index (χ0) is 15.6. The lowest BCUT2D eigenvalue weighted by atomic mass is 10.00. The van der Waals surface area contributed by atoms with Crippen molar-refractivity contribution in [1.82, 2.24) is 8.87 Å². The van der Waals surface area contributed by atoms with Gasteiger partial charge >= 0.3 is 0 Å². The van der Waals surface area contributed by atoms with E-state index in [-0.39, 0.29) is 11.7 Å². The molecule has 2 heterocycles. The van der Waals surface area contributed by atoms with E-state index in [9.17, 15) is 13.2 Å². The number of aromatic nitrogens is 1. The molecule has 0 aromatic carbocycles. The van der Waals surface area contributed by atoms with E-state index in [4.69, 9.17) is 0 Å². The lowest BCUT2D eigenvalue weighted by Crippen LogP contribution is -2.40. The molecule has 1 unspecified atom stereocenters. The van der Waals surface area contributed by atoms with Crippen molar-refractivity contribution in [2.45, 2.75) is 33.2 Å². The van der Waals surface area contributed by atoms with Crippen LogP contribution in [0.1, 0.15) is 37.0 Å². The van der Waals surface area contributed by atoms with Gasteiger partial charge < -0.3 is 4.57 Å². The predicted molar refractivity (Wildman–Crippen MR) is 82.7 cm³/mol. The summed E-state index contributed by atoms with van der Waals surface area (Å²) < 4.78 is 26.8. The van der Waals surface area contributed by atoms with Gasteiger partial charge in [-0.25, -0.2) is 12.7 Å². The van der Waals surface area contributed by atoms with E-state index in [0.717, 1.165) is 24.9 Å². The molecule has 1 fully saturated rings. The molecule has 0 aliphatic carbocycles. The van der Waals surface area contributed by atoms with Gasteiger partial charge in [-0.2, -0.15) is 0 Å². The first-order valence-corrected chi connectivity index (χ1v) is 9.27. The first-order valence-electron chi connectivity index (χ1n) is 7.42. The number of hydrogen-bond acceptors (Lipinski definition) is 3. The highest BCUT2D eigenvalue weighted by atomic mass is 32.2. The third-order valence-corrected chi connectivity index (χ3v) is 5.25. The van der Waals surface area contributed by atoms with Crippen molar-refractivity contribution < 1.29 is 13.2 Å². The van der Waals surface area contributed by atoms with Crippen LogP contribution >= 0.6 is 0 Å². The van der Waals surface area contributed by atoms with Gasteiger partial charge in [0.25, 0.3) is 0 Å². The Kier molecular flexibility index (Phi) is 4.88. The molecular formula is C15H24N2O3S. The lowest BCUT2D eigenvalue weighted by molar-refractivity contribution is 0.0939. The zero-order valence-corrected chi connectivity index (χ0v) is 13.8. The van der Waals surface area contributed by atoms with E-state index in [1.807, 2.05) is 36.9 Å². The van der Waals surface area contributed by atoms with E-state index in [1.54, 1.807) is 4.31 Å². The van der Waals surface area contributed by atoms with Crippen LogP contribution in [0.4, 0.5) is 0 Å². The Hall–Kier alpha value is -1.14. The summed E-state index contributed by atoms with van der Waals surface area (Å²) in [5.74, 6) is 0.453. The van der Waals surface area contributed by atoms with Crippen LogP contribution in [0, 0.1) is 11.8 Å². The Morgan fingerprint density at radius 1 is 1.43 bits per heavy atom. The summed E-state index contributed by atoms with van der Waals surface area (Å²) >= 11 is 0. The summed E-state index contributed by atoms with van der Waals surface area (Å²) in [4.78, 5) is 11.9. The highest BCUT2D eigenvalue weighted by Crippen LogP contribution is 2.21. The quantitative estimate of drug-likeness (QED) is 0.781. The molecule has 0 saturated carbocycles. The SMILES string of the molecule is CC(C)C(=O)c1ccn(CC2CCCN(S(C)(=O)=O)C2)c1. The number of ketones is 1. The molecule has 1 aromatic heterocycles. The van der Waals surface area contributed by atoms with Crippen LogP contribution in [0.3, 0.4) is 0 Å². The molecule has 0 N–H and O–H groups in total. The fourth-order valence-corrected chi connectivity index (χ4v) is 3.75. The first kappa shape index (κ1) is 16.2. The fourth-order valence-electron chi connectivity index (χ4n) is 2.81. The van der Waals surface area contributed by atoms with Crippen molar-refractivity contribution in [3.63, 3.8) is 0 Å². The average molecular weight is 312 g/mol. The molecule has 5 nitrogen and oxygen atoms in total. The van der Waals surface area contributed by atoms with Gasteiger partial charge in [0.1, 0.15) is 0 Å². The Balaban J connectivity index is 2.00. The van der Waals surface area contributed by atoms with E-state index in [2.05, 4.69) is 0 Å². The van der Waals surface area contributed by atoms with Crippen LogP contribution in [0.15, 0.2) is 18.5 Å². The molecular weight excluding hydrogens is 288 g/mol. The number of Topliss-reactive ketones (excluding diaryl/α,β-unsaturated/α-hetero) is 1. The minimum Gasteiger partial charge on any atom is -0.353 e. The summed E-state index contributed by atoms with van der Waals surface area (Å²) in [6.07, 6.45) is 6.98. The van der Waals surface area contributed by atoms with E-state index >= 15 is 0 Å². The number of nitrogens with zero attached hydrogens (tertiary/aromatic N) is 2. The second-order valence-corrected chi connectivity index (χ2v) is 8.23. The molecule has 6 heteroatoms. The molecule has 1 saturated heterocycles. The summed E-state index contributed by atoms with van der Waals surface area (Å²) in [7, 11) is -3.10. The van der Waals surface area contributed by atoms with Gasteiger partial charge in [0, 0.05) is 43.5 Å². The highest BCUT2D eigenvalue weighted by molar-refractivity contribution is 7.88. The van der Waals surface area contributed by atoms with Crippen LogP contribution in [-0.2, 0) is 16.6 Å². The highest BCUT2D eigenvalue weighted by Gasteiger charge is 2.26. The van der Waals surface area contributed by atoms with Gasteiger partial charge in [0.15, 0.2) is 5.78 Å². The Labute approximate surface area is 127 Å². The summed E-state index contributed by atoms with van der Waals surface area (Å²) in [6.45, 7) is 5.75. The zero-order valence-electron chi connectivity index (χ0n) is 12.9. The number of carbonyl (C=O) groups is 1. The monoisotopic (exact) mass is 312 g/mol. The van der Waals surface area contributed by atoms with E-state index < -0.39 is 10.0 Å². The normalized spacial score (nSPS) is 20.9. The van der Waals surface area contributed by atoms with Gasteiger partial charge in [-0.15, -0.1) is 0 Å². The van der Waals surface area contributed by atoms with Crippen LogP contribution in [0.25, 0.3) is 0 Å². The van der Waals surface area contributed by atoms with Gasteiger partial charge in [-0.05, 0) is 24.8 Å². The van der Waals surface area contributed by atoms with Gasteiger partial charge in [-0.1, -0.05) is 13.8 Å². The standard InChI is InChI=1S/C15H24N2O3S/c1-12(2)15(18)14-6-8-16(11-14)9-13-5-4-7-17(10-13)21(3,19)20/h6,8,11-13H,4-5,7,9-10H2,1-3H3. The van der Waals surface area contributed by atoms with Gasteiger partial charge in [0.2, 0.25) is 10.0 Å². The van der Waals surface area contributed by atoms with Gasteiger partial charge in [0.05, 0.1) is 6.26 Å². The Morgan fingerprint density at radius 3 is 2.76 bits per heavy atom. The molecule has 0 spiro atoms. The van der Waals surface area contributed by atoms with Crippen molar-refractivity contribution >= 4 is 15.8 Å². The molecule has 0 amide bonds. The second-order valence-electron chi connectivity index (χ2n) is 6.25. The van der Waals surface area contributed by atoms with Crippen molar-refractivity contribution in [3.05, 3.63) is 24.0 Å². The maximum absolute atomic E-state index is 11.9. The average Bonchev–Trinajstić information content (AvgIpc) is 2.85. The Morgan fingerprint density at radius 2 is 2.14 bits per heavy atom. The molecule has 1 aliphatic heterocycles. The van der Waals surface area contributed by atoms with Crippen molar-refractivity contribution in [2.24, 2.45) is 11.8 Å². The summed E-state index contributed by atoms with van der Waals surface area (Å²) in [5, 5.41) is 0. The second kappa shape index (κ2) is 6.32. The first-order chi connectivity index (χ1) is 9.77. The molecule has 0 bridgehead atoms. The maximum Gasteiger partial charge on any atom is 0.211 e. The topological polar surface area (TPSA) is 59.4 Å². The van der Waals surface area contributed by atoms with Crippen molar-refractivity contribution in [2.75, 3.05) is 19.3 Å². The number of hydrogen-bond donors (Lipinski definition) is 0. The fraction of sp³-hybridized carbons (Fsp3) is 0.667. The van der Waals surface area contributed by atoms with Crippen LogP contribution in [-0.4, -0.2) is 42.4 Å². The smallest absolute Gasteiger partial charge is 0.211 e. The molecule has 21 heavy (non-hydrogen) atoms. The predicted octanol–water partition coefficient (Wildman–Crippen LogP) is 2.00. The van der Waals surface area contributed by atoms with Crippen LogP contribution in [0.5, 0.6) is 0 Å². The molecule has 0 radical (unpaired) electrons. The minimum atomic E-state index is -3.10. The Bertz CT molecular complexity index is 604. The third-order valence-electron chi connectivity index (χ3n) is 3.98. The van der Waals surface area contributed by atoms with Crippen LogP contribution in [0.2, 0.25) is 0 Å². The molecule has 2 rings (SSSR count). The molecule has 1 atom stereocenters. The number of piperidine rings is 1. The summed E-state index contributed by atoms with van der Waals surface area (Å²) in [5.41, 5.74) is 0.737. The maximum atomic E-state index is 11.9. The van der Waals surface area contributed by atoms with E-state index in [1.165, 1.54) is 6.26 Å². The lowest BCUT2D eigenvalue weighted by Gasteiger charge is -2.31. The van der Waals surface area contributed by atoms with Crippen molar-refractivity contribution in [1.29, 1.82) is 0 Å². The number of rotatable bonds is 5. The van der Waals surface area contributed by atoms with Crippen molar-refractivity contribution in [3.8, 4) is 0 Å². The van der Waals surface area contributed by atoms with E-state index in [0.29, 0.717) is 19.0 Å². The largest absolute Gasteiger partial charge is 0.353 e. The van der Waals surface area contributed by atoms with Crippen LogP contribution < -0.4 is 0 Å². The minimum absolute atomic E-state index is 0.00347. The molecule has 1 aromatic rings. The molecule has 118 valence electrons.